The zero-order chi connectivity index (χ0) is 16.9. The summed E-state index contributed by atoms with van der Waals surface area (Å²) >= 11 is 6.63. The van der Waals surface area contributed by atoms with E-state index in [0.29, 0.717) is 12.3 Å². The topological polar surface area (TPSA) is 54.1 Å². The molecule has 1 aliphatic heterocycles. The third-order valence-corrected chi connectivity index (χ3v) is 5.71. The lowest BCUT2D eigenvalue weighted by Gasteiger charge is -2.22. The lowest BCUT2D eigenvalue weighted by Crippen LogP contribution is -2.31. The molecule has 2 N–H and O–H groups in total. The highest BCUT2D eigenvalue weighted by Crippen LogP contribution is 2.27. The van der Waals surface area contributed by atoms with Gasteiger partial charge in [0.05, 0.1) is 12.5 Å². The van der Waals surface area contributed by atoms with Crippen LogP contribution in [0.15, 0.2) is 30.3 Å². The van der Waals surface area contributed by atoms with Gasteiger partial charge < -0.3 is 15.0 Å². The molecular formula is C18H22N2O2S2. The van der Waals surface area contributed by atoms with E-state index in [-0.39, 0.29) is 11.9 Å². The van der Waals surface area contributed by atoms with Crippen LogP contribution in [-0.4, -0.2) is 24.1 Å². The zero-order valence-electron chi connectivity index (χ0n) is 13.7. The molecule has 2 aromatic rings. The Morgan fingerprint density at radius 1 is 1.46 bits per heavy atom. The second-order valence-corrected chi connectivity index (χ2v) is 8.01. The minimum Gasteiger partial charge on any atom is -0.381 e. The first-order chi connectivity index (χ1) is 11.6. The number of nitrogens with one attached hydrogen (secondary N) is 2. The first-order valence-corrected chi connectivity index (χ1v) is 9.45. The fourth-order valence-electron chi connectivity index (χ4n) is 3.06. The van der Waals surface area contributed by atoms with E-state index in [0.717, 1.165) is 46.1 Å². The molecule has 0 bridgehead atoms. The van der Waals surface area contributed by atoms with E-state index in [1.807, 2.05) is 25.1 Å². The van der Waals surface area contributed by atoms with Crippen LogP contribution >= 0.6 is 23.6 Å². The normalized spacial score (nSPS) is 18.5. The number of aryl methyl sites for hydroxylation is 1. The highest BCUT2D eigenvalue weighted by molar-refractivity contribution is 7.73. The van der Waals surface area contributed by atoms with Gasteiger partial charge in [-0.3, -0.25) is 4.79 Å². The Morgan fingerprint density at radius 2 is 2.25 bits per heavy atom. The molecule has 0 aliphatic carbocycles. The van der Waals surface area contributed by atoms with Gasteiger partial charge in [-0.05, 0) is 43.5 Å². The minimum absolute atomic E-state index is 0.0256. The van der Waals surface area contributed by atoms with Crippen molar-refractivity contribution in [3.8, 4) is 0 Å². The number of H-pyrrole nitrogens is 1. The van der Waals surface area contributed by atoms with Crippen molar-refractivity contribution >= 4 is 29.5 Å². The van der Waals surface area contributed by atoms with Crippen LogP contribution in [0.5, 0.6) is 0 Å². The fraction of sp³-hybridized carbons (Fsp3) is 0.444. The van der Waals surface area contributed by atoms with E-state index < -0.39 is 0 Å². The maximum Gasteiger partial charge on any atom is 0.225 e. The summed E-state index contributed by atoms with van der Waals surface area (Å²) in [5, 5.41) is 3.21. The number of hydrogen-bond acceptors (Lipinski definition) is 4. The number of amides is 1. The fourth-order valence-corrected chi connectivity index (χ4v) is 4.35. The van der Waals surface area contributed by atoms with Crippen LogP contribution in [0.2, 0.25) is 0 Å². The van der Waals surface area contributed by atoms with Crippen LogP contribution in [0.25, 0.3) is 0 Å². The van der Waals surface area contributed by atoms with E-state index in [1.165, 1.54) is 11.3 Å². The number of hydrogen-bond donors (Lipinski definition) is 2. The lowest BCUT2D eigenvalue weighted by atomic mass is 9.94. The molecule has 0 spiro atoms. The van der Waals surface area contributed by atoms with Gasteiger partial charge in [0.2, 0.25) is 5.91 Å². The average Bonchev–Trinajstić information content (AvgIpc) is 3.17. The summed E-state index contributed by atoms with van der Waals surface area (Å²) in [5.74, 6) is 0.544. The lowest BCUT2D eigenvalue weighted by molar-refractivity contribution is -0.121. The molecule has 2 atom stereocenters. The quantitative estimate of drug-likeness (QED) is 0.765. The molecule has 1 aromatic heterocycles. The molecule has 4 nitrogen and oxygen atoms in total. The Bertz CT molecular complexity index is 733. The summed E-state index contributed by atoms with van der Waals surface area (Å²) in [4.78, 5) is 16.6. The third kappa shape index (κ3) is 4.53. The number of carbonyl (C=O) groups is 1. The summed E-state index contributed by atoms with van der Waals surface area (Å²) < 4.78 is 6.21. The molecule has 24 heavy (non-hydrogen) atoms. The highest BCUT2D eigenvalue weighted by atomic mass is 32.1. The van der Waals surface area contributed by atoms with Gasteiger partial charge in [-0.15, -0.1) is 11.3 Å². The van der Waals surface area contributed by atoms with Crippen molar-refractivity contribution in [2.45, 2.75) is 32.2 Å². The first-order valence-electron chi connectivity index (χ1n) is 8.22. The third-order valence-electron chi connectivity index (χ3n) is 4.38. The van der Waals surface area contributed by atoms with E-state index >= 15 is 0 Å². The molecule has 2 unspecified atom stereocenters. The Morgan fingerprint density at radius 3 is 2.88 bits per heavy atom. The number of carbonyl (C=O) groups excluding carboxylic acids is 1. The van der Waals surface area contributed by atoms with Gasteiger partial charge in [0.1, 0.15) is 0 Å². The minimum atomic E-state index is 0.0256. The SMILES string of the molecule is Cc1[nH]c(=S)sc1CC(=O)NC(CC1CCOC1)c1ccccc1. The van der Waals surface area contributed by atoms with Gasteiger partial charge in [0.15, 0.2) is 3.95 Å². The van der Waals surface area contributed by atoms with Gasteiger partial charge in [-0.2, -0.15) is 0 Å². The van der Waals surface area contributed by atoms with Crippen LogP contribution in [-0.2, 0) is 16.0 Å². The summed E-state index contributed by atoms with van der Waals surface area (Å²) in [6.07, 6.45) is 2.35. The zero-order valence-corrected chi connectivity index (χ0v) is 15.3. The van der Waals surface area contributed by atoms with E-state index in [9.17, 15) is 4.79 Å². The molecule has 1 amide bonds. The second-order valence-electron chi connectivity index (χ2n) is 6.24. The predicted octanol–water partition coefficient (Wildman–Crippen LogP) is 3.94. The number of ether oxygens (including phenoxy) is 1. The summed E-state index contributed by atoms with van der Waals surface area (Å²) in [5.41, 5.74) is 2.14. The molecule has 1 aromatic carbocycles. The first kappa shape index (κ1) is 17.3. The summed E-state index contributed by atoms with van der Waals surface area (Å²) in [6.45, 7) is 3.57. The number of rotatable bonds is 6. The average molecular weight is 363 g/mol. The molecule has 128 valence electrons. The summed E-state index contributed by atoms with van der Waals surface area (Å²) in [7, 11) is 0. The number of benzene rings is 1. The Kier molecular flexibility index (Phi) is 5.81. The Labute approximate surface area is 151 Å². The second kappa shape index (κ2) is 8.05. The monoisotopic (exact) mass is 362 g/mol. The van der Waals surface area contributed by atoms with Gasteiger partial charge in [0.25, 0.3) is 0 Å². The van der Waals surface area contributed by atoms with Crippen LogP contribution in [0.3, 0.4) is 0 Å². The molecule has 6 heteroatoms. The van der Waals surface area contributed by atoms with Crippen molar-refractivity contribution in [3.05, 3.63) is 50.4 Å². The molecule has 1 fully saturated rings. The molecule has 0 saturated carbocycles. The Balaban J connectivity index is 1.69. The van der Waals surface area contributed by atoms with Gasteiger partial charge in [0, 0.05) is 23.8 Å². The smallest absolute Gasteiger partial charge is 0.225 e. The van der Waals surface area contributed by atoms with Gasteiger partial charge >= 0.3 is 0 Å². The van der Waals surface area contributed by atoms with Crippen LogP contribution in [0, 0.1) is 16.8 Å². The predicted molar refractivity (Wildman–Crippen MR) is 98.8 cm³/mol. The van der Waals surface area contributed by atoms with Crippen LogP contribution in [0.1, 0.15) is 35.0 Å². The van der Waals surface area contributed by atoms with Crippen molar-refractivity contribution in [2.24, 2.45) is 5.92 Å². The Hall–Kier alpha value is -1.50. The van der Waals surface area contributed by atoms with Crippen molar-refractivity contribution in [2.75, 3.05) is 13.2 Å². The maximum absolute atomic E-state index is 12.5. The molecular weight excluding hydrogens is 340 g/mol. The number of aromatic nitrogens is 1. The van der Waals surface area contributed by atoms with Gasteiger partial charge in [-0.25, -0.2) is 0 Å². The molecule has 2 heterocycles. The summed E-state index contributed by atoms with van der Waals surface area (Å²) in [6, 6.07) is 10.2. The van der Waals surface area contributed by atoms with Crippen molar-refractivity contribution in [1.29, 1.82) is 0 Å². The molecule has 1 aliphatic rings. The number of thiazole rings is 1. The van der Waals surface area contributed by atoms with E-state index in [1.54, 1.807) is 0 Å². The van der Waals surface area contributed by atoms with Crippen LogP contribution in [0.4, 0.5) is 0 Å². The van der Waals surface area contributed by atoms with Crippen molar-refractivity contribution < 1.29 is 9.53 Å². The van der Waals surface area contributed by atoms with Crippen molar-refractivity contribution in [1.82, 2.24) is 10.3 Å². The van der Waals surface area contributed by atoms with E-state index in [4.69, 9.17) is 17.0 Å². The van der Waals surface area contributed by atoms with E-state index in [2.05, 4.69) is 22.4 Å². The maximum atomic E-state index is 12.5. The highest BCUT2D eigenvalue weighted by Gasteiger charge is 2.23. The van der Waals surface area contributed by atoms with Crippen LogP contribution < -0.4 is 5.32 Å². The molecule has 1 saturated heterocycles. The molecule has 0 radical (unpaired) electrons. The molecule has 3 rings (SSSR count). The van der Waals surface area contributed by atoms with Gasteiger partial charge in [-0.1, -0.05) is 30.3 Å². The van der Waals surface area contributed by atoms with Crippen molar-refractivity contribution in [3.63, 3.8) is 0 Å². The standard InChI is InChI=1S/C18H22N2O2S2/c1-12-16(24-18(23)19-12)10-17(21)20-15(9-13-7-8-22-11-13)14-5-3-2-4-6-14/h2-6,13,15H,7-11H2,1H3,(H,19,23)(H,20,21). The number of aromatic amines is 1. The largest absolute Gasteiger partial charge is 0.381 e.